The maximum atomic E-state index is 5.96. The molecule has 2 heterocycles. The van der Waals surface area contributed by atoms with Crippen LogP contribution in [-0.2, 0) is 0 Å². The summed E-state index contributed by atoms with van der Waals surface area (Å²) in [5.41, 5.74) is 0.864. The quantitative estimate of drug-likeness (QED) is 0.635. The third-order valence-electron chi connectivity index (χ3n) is 3.72. The smallest absolute Gasteiger partial charge is 0.210 e. The molecule has 0 fully saturated rings. The number of fused-ring (bicyclic) bond motifs is 1. The third kappa shape index (κ3) is 3.86. The van der Waals surface area contributed by atoms with Gasteiger partial charge in [-0.2, -0.15) is 0 Å². The van der Waals surface area contributed by atoms with Crippen LogP contribution in [0.4, 0.5) is 10.8 Å². The van der Waals surface area contributed by atoms with Gasteiger partial charge in [0, 0.05) is 5.75 Å². The van der Waals surface area contributed by atoms with E-state index in [-0.39, 0.29) is 6.10 Å². The number of thioether (sulfide) groups is 1. The van der Waals surface area contributed by atoms with Crippen molar-refractivity contribution in [3.05, 3.63) is 48.5 Å². The molecular formula is C18H17N3O3S2. The molecule has 0 unspecified atom stereocenters. The lowest BCUT2D eigenvalue weighted by Crippen LogP contribution is -2.31. The lowest BCUT2D eigenvalue weighted by Gasteiger charge is -2.25. The van der Waals surface area contributed by atoms with Gasteiger partial charge in [0.15, 0.2) is 15.8 Å². The molecule has 6 nitrogen and oxygen atoms in total. The molecule has 1 atom stereocenters. The number of aromatic nitrogens is 2. The average Bonchev–Trinajstić information content (AvgIpc) is 3.14. The standard InChI is InChI=1S/C18H17N3O3S2/c1-22-14-7-3-2-6-13(14)19-17-20-21-18(26-17)25-11-12-10-23-15-8-4-5-9-16(15)24-12/h2-9,12H,10-11H2,1H3,(H,19,20)/t12-/m1/s1. The van der Waals surface area contributed by atoms with E-state index >= 15 is 0 Å². The van der Waals surface area contributed by atoms with Crippen molar-refractivity contribution in [2.75, 3.05) is 24.8 Å². The van der Waals surface area contributed by atoms with Crippen LogP contribution in [0, 0.1) is 0 Å². The molecule has 1 aliphatic rings. The summed E-state index contributed by atoms with van der Waals surface area (Å²) in [5.74, 6) is 3.11. The number of nitrogens with zero attached hydrogens (tertiary/aromatic N) is 2. The molecule has 0 bridgehead atoms. The Labute approximate surface area is 159 Å². The number of nitrogens with one attached hydrogen (secondary N) is 1. The first kappa shape index (κ1) is 17.0. The number of methoxy groups -OCH3 is 1. The minimum atomic E-state index is -0.00979. The Bertz CT molecular complexity index is 887. The first-order chi connectivity index (χ1) is 12.8. The van der Waals surface area contributed by atoms with Gasteiger partial charge in [-0.1, -0.05) is 47.4 Å². The fraction of sp³-hybridized carbons (Fsp3) is 0.222. The van der Waals surface area contributed by atoms with Crippen LogP contribution in [0.1, 0.15) is 0 Å². The van der Waals surface area contributed by atoms with E-state index in [4.69, 9.17) is 14.2 Å². The van der Waals surface area contributed by atoms with E-state index in [2.05, 4.69) is 15.5 Å². The van der Waals surface area contributed by atoms with Crippen molar-refractivity contribution in [2.45, 2.75) is 10.4 Å². The second-order valence-electron chi connectivity index (χ2n) is 5.51. The van der Waals surface area contributed by atoms with Crippen LogP contribution in [-0.4, -0.2) is 35.8 Å². The summed E-state index contributed by atoms with van der Waals surface area (Å²) in [5, 5.41) is 12.4. The number of anilines is 2. The SMILES string of the molecule is COc1ccccc1Nc1nnc(SC[C@H]2COc3ccccc3O2)s1. The van der Waals surface area contributed by atoms with E-state index in [1.807, 2.05) is 48.5 Å². The van der Waals surface area contributed by atoms with Crippen LogP contribution in [0.2, 0.25) is 0 Å². The molecule has 8 heteroatoms. The molecule has 3 aromatic rings. The molecule has 1 N–H and O–H groups in total. The van der Waals surface area contributed by atoms with Gasteiger partial charge >= 0.3 is 0 Å². The molecule has 0 amide bonds. The zero-order valence-electron chi connectivity index (χ0n) is 14.0. The van der Waals surface area contributed by atoms with Crippen molar-refractivity contribution in [3.8, 4) is 17.2 Å². The molecule has 1 aliphatic heterocycles. The van der Waals surface area contributed by atoms with Crippen LogP contribution in [0.5, 0.6) is 17.2 Å². The van der Waals surface area contributed by atoms with E-state index in [0.717, 1.165) is 38.2 Å². The number of ether oxygens (including phenoxy) is 3. The predicted molar refractivity (Wildman–Crippen MR) is 103 cm³/mol. The van der Waals surface area contributed by atoms with Crippen LogP contribution in [0.15, 0.2) is 52.9 Å². The van der Waals surface area contributed by atoms with Crippen molar-refractivity contribution < 1.29 is 14.2 Å². The lowest BCUT2D eigenvalue weighted by molar-refractivity contribution is 0.107. The van der Waals surface area contributed by atoms with Gasteiger partial charge in [0.2, 0.25) is 5.13 Å². The van der Waals surface area contributed by atoms with E-state index in [0.29, 0.717) is 6.61 Å². The van der Waals surface area contributed by atoms with Crippen LogP contribution < -0.4 is 19.5 Å². The fourth-order valence-corrected chi connectivity index (χ4v) is 4.25. The normalized spacial score (nSPS) is 15.5. The van der Waals surface area contributed by atoms with Crippen molar-refractivity contribution in [1.29, 1.82) is 0 Å². The highest BCUT2D eigenvalue weighted by Crippen LogP contribution is 2.34. The van der Waals surface area contributed by atoms with Gasteiger partial charge in [-0.3, -0.25) is 0 Å². The van der Waals surface area contributed by atoms with Gasteiger partial charge in [-0.15, -0.1) is 10.2 Å². The Morgan fingerprint density at radius 1 is 1.15 bits per heavy atom. The van der Waals surface area contributed by atoms with Gasteiger partial charge < -0.3 is 19.5 Å². The molecule has 4 rings (SSSR count). The molecule has 0 spiro atoms. The predicted octanol–water partition coefficient (Wildman–Crippen LogP) is 4.22. The summed E-state index contributed by atoms with van der Waals surface area (Å²) >= 11 is 3.11. The Balaban J connectivity index is 1.34. The van der Waals surface area contributed by atoms with E-state index in [1.54, 1.807) is 18.9 Å². The average molecular weight is 387 g/mol. The van der Waals surface area contributed by atoms with Crippen molar-refractivity contribution >= 4 is 33.9 Å². The molecule has 0 aliphatic carbocycles. The molecule has 0 radical (unpaired) electrons. The zero-order chi connectivity index (χ0) is 17.8. The number of hydrogen-bond acceptors (Lipinski definition) is 8. The number of benzene rings is 2. The number of hydrogen-bond donors (Lipinski definition) is 1. The highest BCUT2D eigenvalue weighted by Gasteiger charge is 2.21. The second kappa shape index (κ2) is 7.84. The van der Waals surface area contributed by atoms with E-state index in [9.17, 15) is 0 Å². The molecule has 1 aromatic heterocycles. The maximum Gasteiger partial charge on any atom is 0.210 e. The van der Waals surface area contributed by atoms with Crippen LogP contribution >= 0.6 is 23.1 Å². The van der Waals surface area contributed by atoms with Gasteiger partial charge in [0.1, 0.15) is 18.5 Å². The first-order valence-corrected chi connectivity index (χ1v) is 9.87. The maximum absolute atomic E-state index is 5.96. The van der Waals surface area contributed by atoms with Gasteiger partial charge in [-0.25, -0.2) is 0 Å². The lowest BCUT2D eigenvalue weighted by atomic mass is 10.3. The van der Waals surface area contributed by atoms with Crippen LogP contribution in [0.3, 0.4) is 0 Å². The largest absolute Gasteiger partial charge is 0.495 e. The van der Waals surface area contributed by atoms with E-state index in [1.165, 1.54) is 11.3 Å². The van der Waals surface area contributed by atoms with Crippen LogP contribution in [0.25, 0.3) is 0 Å². The van der Waals surface area contributed by atoms with Gasteiger partial charge in [-0.05, 0) is 24.3 Å². The monoisotopic (exact) mass is 387 g/mol. The Kier molecular flexibility index (Phi) is 5.12. The summed E-state index contributed by atoms with van der Waals surface area (Å²) in [6.45, 7) is 0.537. The summed E-state index contributed by atoms with van der Waals surface area (Å²) in [6, 6.07) is 15.4. The second-order valence-corrected chi connectivity index (χ2v) is 7.75. The molecule has 2 aromatic carbocycles. The van der Waals surface area contributed by atoms with Gasteiger partial charge in [0.25, 0.3) is 0 Å². The number of rotatable bonds is 6. The summed E-state index contributed by atoms with van der Waals surface area (Å²) < 4.78 is 17.9. The summed E-state index contributed by atoms with van der Waals surface area (Å²) in [7, 11) is 1.65. The molecule has 0 saturated heterocycles. The summed E-state index contributed by atoms with van der Waals surface area (Å²) in [4.78, 5) is 0. The van der Waals surface area contributed by atoms with Crippen molar-refractivity contribution in [3.63, 3.8) is 0 Å². The topological polar surface area (TPSA) is 65.5 Å². The molecule has 26 heavy (non-hydrogen) atoms. The fourth-order valence-electron chi connectivity index (χ4n) is 2.49. The molecule has 0 saturated carbocycles. The van der Waals surface area contributed by atoms with Gasteiger partial charge in [0.05, 0.1) is 12.8 Å². The highest BCUT2D eigenvalue weighted by molar-refractivity contribution is 8.01. The Morgan fingerprint density at radius 3 is 2.85 bits per heavy atom. The molecule has 134 valence electrons. The Hall–Kier alpha value is -2.45. The van der Waals surface area contributed by atoms with Crippen molar-refractivity contribution in [1.82, 2.24) is 10.2 Å². The van der Waals surface area contributed by atoms with E-state index < -0.39 is 0 Å². The minimum absolute atomic E-state index is 0.00979. The summed E-state index contributed by atoms with van der Waals surface area (Å²) in [6.07, 6.45) is -0.00979. The highest BCUT2D eigenvalue weighted by atomic mass is 32.2. The minimum Gasteiger partial charge on any atom is -0.495 e. The molecular weight excluding hydrogens is 370 g/mol. The van der Waals surface area contributed by atoms with Crippen molar-refractivity contribution in [2.24, 2.45) is 0 Å². The zero-order valence-corrected chi connectivity index (χ0v) is 15.7. The first-order valence-electron chi connectivity index (χ1n) is 8.06. The number of para-hydroxylation sites is 4. The third-order valence-corrected chi connectivity index (χ3v) is 5.82. The Morgan fingerprint density at radius 2 is 1.96 bits per heavy atom.